The third-order valence-corrected chi connectivity index (χ3v) is 5.13. The van der Waals surface area contributed by atoms with E-state index >= 15 is 0 Å². The Kier molecular flexibility index (Phi) is 4.69. The number of ether oxygens (including phenoxy) is 1. The summed E-state index contributed by atoms with van der Waals surface area (Å²) in [6.45, 7) is 1.68. The van der Waals surface area contributed by atoms with Crippen molar-refractivity contribution in [1.82, 2.24) is 5.43 Å². The number of aliphatic imine (C=N–C) groups is 1. The number of hydrogen-bond acceptors (Lipinski definition) is 4. The van der Waals surface area contributed by atoms with E-state index in [4.69, 9.17) is 21.3 Å². The SMILES string of the molecule is Clc1ccc(N2NC(C3CCOCC3)C3=NC=CCCC=C32)cc1. The average Bonchev–Trinajstić information content (AvgIpc) is 2.93. The summed E-state index contributed by atoms with van der Waals surface area (Å²) in [5.41, 5.74) is 7.12. The highest BCUT2D eigenvalue weighted by atomic mass is 35.5. The normalized spacial score (nSPS) is 24.9. The maximum atomic E-state index is 6.05. The molecule has 24 heavy (non-hydrogen) atoms. The lowest BCUT2D eigenvalue weighted by molar-refractivity contribution is 0.0619. The zero-order valence-corrected chi connectivity index (χ0v) is 14.4. The summed E-state index contributed by atoms with van der Waals surface area (Å²) in [6.07, 6.45) is 10.6. The number of anilines is 1. The molecule has 1 aromatic carbocycles. The van der Waals surface area contributed by atoms with Gasteiger partial charge in [0, 0.05) is 24.4 Å². The first-order valence-electron chi connectivity index (χ1n) is 8.66. The Morgan fingerprint density at radius 1 is 1.12 bits per heavy atom. The molecule has 126 valence electrons. The molecule has 0 radical (unpaired) electrons. The largest absolute Gasteiger partial charge is 0.381 e. The maximum absolute atomic E-state index is 6.05. The van der Waals surface area contributed by atoms with Gasteiger partial charge in [0.1, 0.15) is 0 Å². The minimum Gasteiger partial charge on any atom is -0.381 e. The summed E-state index contributed by atoms with van der Waals surface area (Å²) in [6, 6.07) is 8.20. The summed E-state index contributed by atoms with van der Waals surface area (Å²) >= 11 is 6.05. The molecule has 3 aliphatic rings. The molecule has 0 bridgehead atoms. The monoisotopic (exact) mass is 343 g/mol. The van der Waals surface area contributed by atoms with Crippen LogP contribution in [0, 0.1) is 5.92 Å². The van der Waals surface area contributed by atoms with E-state index in [-0.39, 0.29) is 6.04 Å². The zero-order chi connectivity index (χ0) is 16.4. The minimum atomic E-state index is 0.235. The first-order valence-corrected chi connectivity index (χ1v) is 9.03. The van der Waals surface area contributed by atoms with Crippen LogP contribution in [0.1, 0.15) is 25.7 Å². The van der Waals surface area contributed by atoms with Gasteiger partial charge in [0.25, 0.3) is 0 Å². The second-order valence-corrected chi connectivity index (χ2v) is 6.87. The van der Waals surface area contributed by atoms with Crippen molar-refractivity contribution in [2.24, 2.45) is 10.9 Å². The number of nitrogens with one attached hydrogen (secondary N) is 1. The van der Waals surface area contributed by atoms with Crippen molar-refractivity contribution in [1.29, 1.82) is 0 Å². The van der Waals surface area contributed by atoms with Gasteiger partial charge >= 0.3 is 0 Å². The van der Waals surface area contributed by atoms with E-state index in [1.807, 2.05) is 18.3 Å². The number of halogens is 1. The number of allylic oxidation sites excluding steroid dienone is 2. The Hall–Kier alpha value is -1.62. The van der Waals surface area contributed by atoms with Crippen molar-refractivity contribution >= 4 is 23.0 Å². The van der Waals surface area contributed by atoms with Crippen molar-refractivity contribution in [3.63, 3.8) is 0 Å². The molecule has 0 aliphatic carbocycles. The second kappa shape index (κ2) is 7.09. The molecule has 1 aromatic rings. The van der Waals surface area contributed by atoms with Crippen LogP contribution in [-0.2, 0) is 4.74 Å². The minimum absolute atomic E-state index is 0.235. The van der Waals surface area contributed by atoms with Crippen molar-refractivity contribution in [3.8, 4) is 0 Å². The van der Waals surface area contributed by atoms with Gasteiger partial charge in [-0.3, -0.25) is 10.0 Å². The van der Waals surface area contributed by atoms with Crippen molar-refractivity contribution in [2.45, 2.75) is 31.7 Å². The van der Waals surface area contributed by atoms with Crippen molar-refractivity contribution in [3.05, 3.63) is 53.3 Å². The van der Waals surface area contributed by atoms with Crippen LogP contribution in [0.15, 0.2) is 53.3 Å². The summed E-state index contributed by atoms with van der Waals surface area (Å²) in [7, 11) is 0. The number of fused-ring (bicyclic) bond motifs is 1. The Bertz CT molecular complexity index is 674. The van der Waals surface area contributed by atoms with Gasteiger partial charge in [0.05, 0.1) is 23.1 Å². The van der Waals surface area contributed by atoms with Crippen molar-refractivity contribution in [2.75, 3.05) is 18.2 Å². The average molecular weight is 344 g/mol. The van der Waals surface area contributed by atoms with Crippen LogP contribution >= 0.6 is 11.6 Å². The maximum Gasteiger partial charge on any atom is 0.0842 e. The fraction of sp³-hybridized carbons (Fsp3) is 0.421. The highest BCUT2D eigenvalue weighted by Gasteiger charge is 2.39. The van der Waals surface area contributed by atoms with Crippen molar-refractivity contribution < 1.29 is 4.74 Å². The molecule has 3 heterocycles. The van der Waals surface area contributed by atoms with E-state index in [0.717, 1.165) is 55.3 Å². The van der Waals surface area contributed by atoms with E-state index < -0.39 is 0 Å². The molecular weight excluding hydrogens is 322 g/mol. The van der Waals surface area contributed by atoms with Gasteiger partial charge < -0.3 is 4.74 Å². The van der Waals surface area contributed by atoms with Crippen LogP contribution in [0.2, 0.25) is 5.02 Å². The third-order valence-electron chi connectivity index (χ3n) is 4.88. The molecule has 2 fully saturated rings. The number of hydrazine groups is 1. The number of hydrogen-bond donors (Lipinski definition) is 1. The molecule has 5 heteroatoms. The van der Waals surface area contributed by atoms with Crippen LogP contribution in [-0.4, -0.2) is 25.0 Å². The molecular formula is C19H22ClN3O. The van der Waals surface area contributed by atoms with E-state index in [0.29, 0.717) is 5.92 Å². The fourth-order valence-corrected chi connectivity index (χ4v) is 3.72. The predicted molar refractivity (Wildman–Crippen MR) is 98.3 cm³/mol. The highest BCUT2D eigenvalue weighted by Crippen LogP contribution is 2.32. The van der Waals surface area contributed by atoms with Crippen LogP contribution < -0.4 is 10.4 Å². The molecule has 3 aliphatic heterocycles. The van der Waals surface area contributed by atoms with E-state index in [9.17, 15) is 0 Å². The highest BCUT2D eigenvalue weighted by molar-refractivity contribution is 6.30. The number of nitrogens with zero attached hydrogens (tertiary/aromatic N) is 2. The van der Waals surface area contributed by atoms with Crippen LogP contribution in [0.4, 0.5) is 5.69 Å². The van der Waals surface area contributed by atoms with Crippen LogP contribution in [0.25, 0.3) is 0 Å². The summed E-state index contributed by atoms with van der Waals surface area (Å²) in [5, 5.41) is 2.93. The lowest BCUT2D eigenvalue weighted by Gasteiger charge is -2.28. The van der Waals surface area contributed by atoms with Gasteiger partial charge in [-0.05, 0) is 55.9 Å². The fourth-order valence-electron chi connectivity index (χ4n) is 3.59. The smallest absolute Gasteiger partial charge is 0.0842 e. The first kappa shape index (κ1) is 15.9. The summed E-state index contributed by atoms with van der Waals surface area (Å²) < 4.78 is 5.54. The summed E-state index contributed by atoms with van der Waals surface area (Å²) in [5.74, 6) is 0.547. The Morgan fingerprint density at radius 3 is 2.71 bits per heavy atom. The van der Waals surface area contributed by atoms with E-state index in [2.05, 4.69) is 34.7 Å². The molecule has 1 unspecified atom stereocenters. The van der Waals surface area contributed by atoms with Gasteiger partial charge in [-0.25, -0.2) is 5.43 Å². The predicted octanol–water partition coefficient (Wildman–Crippen LogP) is 4.09. The molecule has 2 saturated heterocycles. The summed E-state index contributed by atoms with van der Waals surface area (Å²) in [4.78, 5) is 4.79. The molecule has 0 spiro atoms. The zero-order valence-electron chi connectivity index (χ0n) is 13.6. The molecule has 0 saturated carbocycles. The number of rotatable bonds is 2. The van der Waals surface area contributed by atoms with Crippen LogP contribution in [0.3, 0.4) is 0 Å². The van der Waals surface area contributed by atoms with Gasteiger partial charge in [-0.2, -0.15) is 0 Å². The molecule has 4 rings (SSSR count). The topological polar surface area (TPSA) is 36.9 Å². The molecule has 1 atom stereocenters. The second-order valence-electron chi connectivity index (χ2n) is 6.43. The van der Waals surface area contributed by atoms with E-state index in [1.165, 1.54) is 5.70 Å². The lowest BCUT2D eigenvalue weighted by atomic mass is 9.88. The van der Waals surface area contributed by atoms with Gasteiger partial charge in [-0.1, -0.05) is 23.8 Å². The molecule has 4 nitrogen and oxygen atoms in total. The molecule has 1 N–H and O–H groups in total. The van der Waals surface area contributed by atoms with Gasteiger partial charge in [0.2, 0.25) is 0 Å². The standard InChI is InChI=1S/C19H22ClN3O/c20-15-5-7-16(8-6-15)23-17-4-2-1-3-11-21-19(17)18(22-23)14-9-12-24-13-10-14/h3-8,11,14,18,22H,1-2,9-10,12-13H2. The Morgan fingerprint density at radius 2 is 1.92 bits per heavy atom. The molecule has 0 aromatic heterocycles. The van der Waals surface area contributed by atoms with Gasteiger partial charge in [0.15, 0.2) is 0 Å². The molecule has 0 amide bonds. The quantitative estimate of drug-likeness (QED) is 0.878. The third kappa shape index (κ3) is 3.14. The Labute approximate surface area is 147 Å². The Balaban J connectivity index is 1.70. The van der Waals surface area contributed by atoms with Gasteiger partial charge in [-0.15, -0.1) is 0 Å². The first-order chi connectivity index (χ1) is 11.8. The van der Waals surface area contributed by atoms with E-state index in [1.54, 1.807) is 0 Å². The van der Waals surface area contributed by atoms with Crippen LogP contribution in [0.5, 0.6) is 0 Å². The number of benzene rings is 1. The lowest BCUT2D eigenvalue weighted by Crippen LogP contribution is -2.42.